The molecule has 1 aliphatic heterocycles. The highest BCUT2D eigenvalue weighted by Crippen LogP contribution is 2.36. The van der Waals surface area contributed by atoms with Gasteiger partial charge in [-0.15, -0.1) is 0 Å². The first kappa shape index (κ1) is 22.3. The first-order valence-corrected chi connectivity index (χ1v) is 10.7. The summed E-state index contributed by atoms with van der Waals surface area (Å²) < 4.78 is 0. The standard InChI is InChI=1S/C26H22ClN3O3/c1-15-4-6-18(7-5-15)23-24(29-21-11-9-20(10-12-21)28-17(3)31)26(33)30(25(23)32)22-13-8-19(27)14-16(22)2/h4-14,29H,1-3H3,(H,28,31). The highest BCUT2D eigenvalue weighted by molar-refractivity contribution is 6.46. The Morgan fingerprint density at radius 1 is 0.848 bits per heavy atom. The molecule has 33 heavy (non-hydrogen) atoms. The molecule has 0 spiro atoms. The number of rotatable bonds is 5. The second kappa shape index (κ2) is 8.92. The Morgan fingerprint density at radius 3 is 2.09 bits per heavy atom. The molecular formula is C26H22ClN3O3. The largest absolute Gasteiger partial charge is 0.350 e. The molecule has 0 unspecified atom stereocenters. The number of benzene rings is 3. The fourth-order valence-electron chi connectivity index (χ4n) is 3.71. The van der Waals surface area contributed by atoms with Crippen molar-refractivity contribution in [3.8, 4) is 0 Å². The van der Waals surface area contributed by atoms with Gasteiger partial charge in [0, 0.05) is 23.3 Å². The predicted molar refractivity (Wildman–Crippen MR) is 131 cm³/mol. The number of carbonyl (C=O) groups is 3. The van der Waals surface area contributed by atoms with E-state index in [1.165, 1.54) is 11.8 Å². The third kappa shape index (κ3) is 4.52. The fraction of sp³-hybridized carbons (Fsp3) is 0.115. The smallest absolute Gasteiger partial charge is 0.282 e. The summed E-state index contributed by atoms with van der Waals surface area (Å²) in [4.78, 5) is 39.5. The Balaban J connectivity index is 1.76. The normalized spacial score (nSPS) is 13.5. The molecule has 0 atom stereocenters. The van der Waals surface area contributed by atoms with E-state index in [0.717, 1.165) is 5.56 Å². The van der Waals surface area contributed by atoms with Gasteiger partial charge in [-0.2, -0.15) is 0 Å². The second-order valence-electron chi connectivity index (χ2n) is 7.88. The number of nitrogens with zero attached hydrogens (tertiary/aromatic N) is 1. The van der Waals surface area contributed by atoms with Gasteiger partial charge in [-0.1, -0.05) is 41.4 Å². The summed E-state index contributed by atoms with van der Waals surface area (Å²) in [5.41, 5.74) is 4.61. The van der Waals surface area contributed by atoms with Crippen molar-refractivity contribution >= 4 is 52.0 Å². The van der Waals surface area contributed by atoms with E-state index in [-0.39, 0.29) is 11.6 Å². The molecule has 0 radical (unpaired) electrons. The van der Waals surface area contributed by atoms with Gasteiger partial charge in [0.05, 0.1) is 11.3 Å². The molecule has 0 bridgehead atoms. The monoisotopic (exact) mass is 459 g/mol. The molecule has 2 N–H and O–H groups in total. The highest BCUT2D eigenvalue weighted by atomic mass is 35.5. The highest BCUT2D eigenvalue weighted by Gasteiger charge is 2.40. The van der Waals surface area contributed by atoms with Crippen LogP contribution in [0.2, 0.25) is 5.02 Å². The summed E-state index contributed by atoms with van der Waals surface area (Å²) in [5.74, 6) is -1.04. The number of hydrogen-bond donors (Lipinski definition) is 2. The zero-order valence-corrected chi connectivity index (χ0v) is 19.2. The van der Waals surface area contributed by atoms with Crippen LogP contribution in [0.3, 0.4) is 0 Å². The minimum Gasteiger partial charge on any atom is -0.350 e. The Bertz CT molecular complexity index is 1300. The topological polar surface area (TPSA) is 78.5 Å². The van der Waals surface area contributed by atoms with Gasteiger partial charge in [0.25, 0.3) is 11.8 Å². The van der Waals surface area contributed by atoms with E-state index in [2.05, 4.69) is 10.6 Å². The minimum absolute atomic E-state index is 0.175. The molecule has 0 aliphatic carbocycles. The van der Waals surface area contributed by atoms with Crippen LogP contribution < -0.4 is 15.5 Å². The van der Waals surface area contributed by atoms with Crippen molar-refractivity contribution in [1.29, 1.82) is 0 Å². The van der Waals surface area contributed by atoms with Crippen LogP contribution in [0.4, 0.5) is 17.1 Å². The summed E-state index contributed by atoms with van der Waals surface area (Å²) in [5, 5.41) is 6.35. The third-order valence-corrected chi connectivity index (χ3v) is 5.53. The lowest BCUT2D eigenvalue weighted by molar-refractivity contribution is -0.120. The van der Waals surface area contributed by atoms with Crippen molar-refractivity contribution in [1.82, 2.24) is 0 Å². The van der Waals surface area contributed by atoms with E-state index in [0.29, 0.717) is 38.8 Å². The van der Waals surface area contributed by atoms with Gasteiger partial charge in [-0.05, 0) is 67.4 Å². The molecular weight excluding hydrogens is 438 g/mol. The Morgan fingerprint density at radius 2 is 1.48 bits per heavy atom. The molecule has 7 heteroatoms. The minimum atomic E-state index is -0.452. The SMILES string of the molecule is CC(=O)Nc1ccc(NC2=C(c3ccc(C)cc3)C(=O)N(c3ccc(Cl)cc3C)C2=O)cc1. The van der Waals surface area contributed by atoms with Gasteiger partial charge in [-0.25, -0.2) is 4.90 Å². The second-order valence-corrected chi connectivity index (χ2v) is 8.31. The fourth-order valence-corrected chi connectivity index (χ4v) is 3.93. The molecule has 3 aromatic carbocycles. The Labute approximate surface area is 196 Å². The van der Waals surface area contributed by atoms with Crippen molar-refractivity contribution in [3.63, 3.8) is 0 Å². The maximum absolute atomic E-state index is 13.5. The van der Waals surface area contributed by atoms with Gasteiger partial charge in [-0.3, -0.25) is 14.4 Å². The summed E-state index contributed by atoms with van der Waals surface area (Å²) in [6.07, 6.45) is 0. The molecule has 3 aromatic rings. The molecule has 0 saturated heterocycles. The molecule has 6 nitrogen and oxygen atoms in total. The average molecular weight is 460 g/mol. The van der Waals surface area contributed by atoms with E-state index < -0.39 is 11.8 Å². The predicted octanol–water partition coefficient (Wildman–Crippen LogP) is 5.31. The quantitative estimate of drug-likeness (QED) is 0.507. The summed E-state index contributed by atoms with van der Waals surface area (Å²) in [6, 6.07) is 19.4. The lowest BCUT2D eigenvalue weighted by Crippen LogP contribution is -2.33. The number of imide groups is 1. The number of aryl methyl sites for hydroxylation is 2. The summed E-state index contributed by atoms with van der Waals surface area (Å²) >= 11 is 6.08. The van der Waals surface area contributed by atoms with Crippen LogP contribution >= 0.6 is 11.6 Å². The zero-order valence-electron chi connectivity index (χ0n) is 18.4. The number of halogens is 1. The van der Waals surface area contributed by atoms with Crippen LogP contribution in [-0.4, -0.2) is 17.7 Å². The summed E-state index contributed by atoms with van der Waals surface area (Å²) in [6.45, 7) is 5.19. The van der Waals surface area contributed by atoms with Gasteiger partial charge < -0.3 is 10.6 Å². The third-order valence-electron chi connectivity index (χ3n) is 5.30. The van der Waals surface area contributed by atoms with E-state index in [1.807, 2.05) is 31.2 Å². The van der Waals surface area contributed by atoms with Crippen LogP contribution in [0, 0.1) is 13.8 Å². The van der Waals surface area contributed by atoms with E-state index in [1.54, 1.807) is 49.4 Å². The lowest BCUT2D eigenvalue weighted by Gasteiger charge is -2.18. The van der Waals surface area contributed by atoms with Gasteiger partial charge in [0.15, 0.2) is 0 Å². The van der Waals surface area contributed by atoms with Crippen molar-refractivity contribution in [3.05, 3.63) is 94.1 Å². The Kier molecular flexibility index (Phi) is 6.03. The maximum atomic E-state index is 13.5. The van der Waals surface area contributed by atoms with Gasteiger partial charge in [0.1, 0.15) is 5.70 Å². The van der Waals surface area contributed by atoms with Crippen LogP contribution in [0.1, 0.15) is 23.6 Å². The number of carbonyl (C=O) groups excluding carboxylic acids is 3. The zero-order chi connectivity index (χ0) is 23.7. The average Bonchev–Trinajstić information content (AvgIpc) is 3.00. The molecule has 3 amide bonds. The molecule has 4 rings (SSSR count). The Hall–Kier alpha value is -3.90. The van der Waals surface area contributed by atoms with Crippen molar-refractivity contribution in [2.24, 2.45) is 0 Å². The number of amides is 3. The van der Waals surface area contributed by atoms with Gasteiger partial charge >= 0.3 is 0 Å². The van der Waals surface area contributed by atoms with E-state index >= 15 is 0 Å². The van der Waals surface area contributed by atoms with Gasteiger partial charge in [0.2, 0.25) is 5.91 Å². The van der Waals surface area contributed by atoms with Crippen molar-refractivity contribution in [2.75, 3.05) is 15.5 Å². The number of anilines is 3. The van der Waals surface area contributed by atoms with Crippen LogP contribution in [0.15, 0.2) is 72.4 Å². The summed E-state index contributed by atoms with van der Waals surface area (Å²) in [7, 11) is 0. The van der Waals surface area contributed by atoms with Crippen LogP contribution in [0.25, 0.3) is 5.57 Å². The van der Waals surface area contributed by atoms with E-state index in [9.17, 15) is 14.4 Å². The van der Waals surface area contributed by atoms with Crippen molar-refractivity contribution in [2.45, 2.75) is 20.8 Å². The lowest BCUT2D eigenvalue weighted by atomic mass is 10.0. The van der Waals surface area contributed by atoms with Crippen LogP contribution in [-0.2, 0) is 14.4 Å². The maximum Gasteiger partial charge on any atom is 0.282 e. The van der Waals surface area contributed by atoms with Crippen molar-refractivity contribution < 1.29 is 14.4 Å². The van der Waals surface area contributed by atoms with Crippen LogP contribution in [0.5, 0.6) is 0 Å². The first-order valence-electron chi connectivity index (χ1n) is 10.4. The molecule has 0 saturated carbocycles. The van der Waals surface area contributed by atoms with E-state index in [4.69, 9.17) is 11.6 Å². The number of nitrogens with one attached hydrogen (secondary N) is 2. The molecule has 1 aliphatic rings. The molecule has 166 valence electrons. The molecule has 1 heterocycles. The molecule has 0 fully saturated rings. The first-order chi connectivity index (χ1) is 15.7. The molecule has 0 aromatic heterocycles. The number of hydrogen-bond acceptors (Lipinski definition) is 4.